The summed E-state index contributed by atoms with van der Waals surface area (Å²) in [5.41, 5.74) is 0.812. The molecule has 0 saturated carbocycles. The fourth-order valence-corrected chi connectivity index (χ4v) is 4.14. The molecule has 32 heavy (non-hydrogen) atoms. The predicted octanol–water partition coefficient (Wildman–Crippen LogP) is 2.37. The van der Waals surface area contributed by atoms with Gasteiger partial charge in [0.1, 0.15) is 17.5 Å². The Kier molecular flexibility index (Phi) is 6.16. The number of hydrogen-bond donors (Lipinski definition) is 0. The van der Waals surface area contributed by atoms with E-state index in [2.05, 4.69) is 0 Å². The predicted molar refractivity (Wildman–Crippen MR) is 110 cm³/mol. The van der Waals surface area contributed by atoms with Crippen LogP contribution in [0.1, 0.15) is 12.0 Å². The average Bonchev–Trinajstić information content (AvgIpc) is 3.16. The van der Waals surface area contributed by atoms with E-state index in [-0.39, 0.29) is 48.6 Å². The van der Waals surface area contributed by atoms with E-state index in [1.54, 1.807) is 21.9 Å². The monoisotopic (exact) mass is 445 g/mol. The van der Waals surface area contributed by atoms with Gasteiger partial charge in [-0.25, -0.2) is 13.2 Å². The Morgan fingerprint density at radius 2 is 1.44 bits per heavy atom. The van der Waals surface area contributed by atoms with Crippen LogP contribution >= 0.6 is 0 Å². The molecule has 0 radical (unpaired) electrons. The van der Waals surface area contributed by atoms with Crippen LogP contribution < -0.4 is 4.90 Å². The van der Waals surface area contributed by atoms with E-state index in [1.807, 2.05) is 0 Å². The van der Waals surface area contributed by atoms with Gasteiger partial charge in [0.15, 0.2) is 0 Å². The molecule has 168 valence electrons. The fraction of sp³-hybridized carbons (Fsp3) is 0.348. The van der Waals surface area contributed by atoms with Crippen LogP contribution in [0.15, 0.2) is 42.5 Å². The number of hydrogen-bond acceptors (Lipinski definition) is 3. The molecule has 0 aromatic heterocycles. The van der Waals surface area contributed by atoms with Crippen LogP contribution in [-0.2, 0) is 20.8 Å². The van der Waals surface area contributed by atoms with Crippen molar-refractivity contribution in [2.24, 2.45) is 5.92 Å². The normalized spacial score (nSPS) is 18.9. The van der Waals surface area contributed by atoms with Crippen LogP contribution in [-0.4, -0.2) is 60.2 Å². The Labute approximate surface area is 183 Å². The first kappa shape index (κ1) is 21.9. The van der Waals surface area contributed by atoms with Crippen molar-refractivity contribution in [2.75, 3.05) is 37.6 Å². The number of carbonyl (C=O) groups excluding carboxylic acids is 3. The van der Waals surface area contributed by atoms with Crippen LogP contribution in [0.4, 0.5) is 18.9 Å². The Hall–Kier alpha value is -3.36. The minimum atomic E-state index is -0.788. The minimum Gasteiger partial charge on any atom is -0.339 e. The first-order valence-corrected chi connectivity index (χ1v) is 10.4. The van der Waals surface area contributed by atoms with E-state index < -0.39 is 17.6 Å². The van der Waals surface area contributed by atoms with E-state index in [1.165, 1.54) is 17.0 Å². The summed E-state index contributed by atoms with van der Waals surface area (Å²) < 4.78 is 40.0. The number of benzene rings is 2. The lowest BCUT2D eigenvalue weighted by Crippen LogP contribution is -2.52. The summed E-state index contributed by atoms with van der Waals surface area (Å²) in [5, 5.41) is 0. The highest BCUT2D eigenvalue weighted by molar-refractivity contribution is 6.00. The number of carbonyl (C=O) groups is 3. The molecule has 2 aliphatic heterocycles. The molecule has 6 nitrogen and oxygen atoms in total. The Bertz CT molecular complexity index is 1020. The third kappa shape index (κ3) is 4.76. The second-order valence-electron chi connectivity index (χ2n) is 8.04. The lowest BCUT2D eigenvalue weighted by atomic mass is 10.1. The van der Waals surface area contributed by atoms with Crippen LogP contribution in [0.25, 0.3) is 0 Å². The first-order valence-electron chi connectivity index (χ1n) is 10.4. The highest BCUT2D eigenvalue weighted by atomic mass is 19.1. The molecule has 0 bridgehead atoms. The zero-order valence-corrected chi connectivity index (χ0v) is 17.3. The Balaban J connectivity index is 1.32. The number of rotatable bonds is 4. The highest BCUT2D eigenvalue weighted by Crippen LogP contribution is 2.28. The van der Waals surface area contributed by atoms with Gasteiger partial charge in [-0.2, -0.15) is 0 Å². The van der Waals surface area contributed by atoms with E-state index in [0.717, 1.165) is 18.2 Å². The van der Waals surface area contributed by atoms with E-state index in [4.69, 9.17) is 0 Å². The van der Waals surface area contributed by atoms with Gasteiger partial charge in [0.2, 0.25) is 17.7 Å². The first-order chi connectivity index (χ1) is 15.3. The lowest BCUT2D eigenvalue weighted by molar-refractivity contribution is -0.141. The molecule has 9 heteroatoms. The number of halogens is 3. The summed E-state index contributed by atoms with van der Waals surface area (Å²) in [6, 6.07) is 8.62. The zero-order valence-electron chi connectivity index (χ0n) is 17.3. The maximum absolute atomic E-state index is 13.5. The zero-order chi connectivity index (χ0) is 22.8. The van der Waals surface area contributed by atoms with Crippen molar-refractivity contribution >= 4 is 23.4 Å². The summed E-state index contributed by atoms with van der Waals surface area (Å²) in [6.07, 6.45) is 0.130. The quantitative estimate of drug-likeness (QED) is 0.726. The van der Waals surface area contributed by atoms with Gasteiger partial charge < -0.3 is 14.7 Å². The third-order valence-corrected chi connectivity index (χ3v) is 5.85. The van der Waals surface area contributed by atoms with Gasteiger partial charge in [0, 0.05) is 50.9 Å². The molecule has 0 N–H and O–H groups in total. The number of nitrogens with zero attached hydrogens (tertiary/aromatic N) is 3. The van der Waals surface area contributed by atoms with E-state index in [9.17, 15) is 27.6 Å². The van der Waals surface area contributed by atoms with Gasteiger partial charge in [-0.3, -0.25) is 14.4 Å². The van der Waals surface area contributed by atoms with Crippen molar-refractivity contribution in [3.8, 4) is 0 Å². The number of piperazine rings is 1. The van der Waals surface area contributed by atoms with Gasteiger partial charge in [-0.1, -0.05) is 12.1 Å². The fourth-order valence-electron chi connectivity index (χ4n) is 4.14. The van der Waals surface area contributed by atoms with Crippen molar-refractivity contribution in [2.45, 2.75) is 12.8 Å². The highest BCUT2D eigenvalue weighted by Gasteiger charge is 2.38. The molecule has 1 unspecified atom stereocenters. The molecule has 2 heterocycles. The molecule has 3 amide bonds. The molecule has 0 spiro atoms. The van der Waals surface area contributed by atoms with Crippen molar-refractivity contribution < 1.29 is 27.6 Å². The molecular formula is C23H22F3N3O3. The Morgan fingerprint density at radius 1 is 0.844 bits per heavy atom. The van der Waals surface area contributed by atoms with Gasteiger partial charge in [0.05, 0.1) is 12.3 Å². The average molecular weight is 445 g/mol. The molecule has 1 atom stereocenters. The van der Waals surface area contributed by atoms with E-state index >= 15 is 0 Å². The number of amides is 3. The SMILES string of the molecule is O=C(Cc1ccc(F)cc1)N1CCN(C(=O)C2CC(=O)N(c3cc(F)cc(F)c3)C2)CC1. The summed E-state index contributed by atoms with van der Waals surface area (Å²) >= 11 is 0. The standard InChI is InChI=1S/C23H22F3N3O3/c24-17-3-1-15(2-4-17)9-21(30)27-5-7-28(8-6-27)23(32)16-10-22(31)29(14-16)20-12-18(25)11-19(26)13-20/h1-4,11-13,16H,5-10,14H2. The second kappa shape index (κ2) is 9.02. The van der Waals surface area contributed by atoms with Crippen LogP contribution in [0.3, 0.4) is 0 Å². The molecule has 2 aromatic carbocycles. The maximum Gasteiger partial charge on any atom is 0.228 e. The molecule has 2 fully saturated rings. The van der Waals surface area contributed by atoms with Crippen molar-refractivity contribution in [1.29, 1.82) is 0 Å². The number of anilines is 1. The third-order valence-electron chi connectivity index (χ3n) is 5.85. The molecule has 0 aliphatic carbocycles. The summed E-state index contributed by atoms with van der Waals surface area (Å²) in [5.74, 6) is -3.20. The van der Waals surface area contributed by atoms with Crippen molar-refractivity contribution in [1.82, 2.24) is 9.80 Å². The van der Waals surface area contributed by atoms with Crippen LogP contribution in [0, 0.1) is 23.4 Å². The van der Waals surface area contributed by atoms with Crippen molar-refractivity contribution in [3.05, 3.63) is 65.5 Å². The van der Waals surface area contributed by atoms with Gasteiger partial charge in [0.25, 0.3) is 0 Å². The maximum atomic E-state index is 13.5. The van der Waals surface area contributed by atoms with Gasteiger partial charge in [-0.05, 0) is 29.8 Å². The van der Waals surface area contributed by atoms with Crippen LogP contribution in [0.2, 0.25) is 0 Å². The summed E-state index contributed by atoms with van der Waals surface area (Å²) in [6.45, 7) is 1.47. The largest absolute Gasteiger partial charge is 0.339 e. The second-order valence-corrected chi connectivity index (χ2v) is 8.04. The van der Waals surface area contributed by atoms with Crippen molar-refractivity contribution in [3.63, 3.8) is 0 Å². The molecule has 2 aromatic rings. The lowest BCUT2D eigenvalue weighted by Gasteiger charge is -2.36. The van der Waals surface area contributed by atoms with E-state index in [0.29, 0.717) is 31.7 Å². The Morgan fingerprint density at radius 3 is 2.06 bits per heavy atom. The van der Waals surface area contributed by atoms with Gasteiger partial charge in [-0.15, -0.1) is 0 Å². The smallest absolute Gasteiger partial charge is 0.228 e. The summed E-state index contributed by atoms with van der Waals surface area (Å²) in [7, 11) is 0. The summed E-state index contributed by atoms with van der Waals surface area (Å²) in [4.78, 5) is 42.3. The van der Waals surface area contributed by atoms with Crippen LogP contribution in [0.5, 0.6) is 0 Å². The molecule has 2 saturated heterocycles. The molecular weight excluding hydrogens is 423 g/mol. The molecule has 4 rings (SSSR count). The minimum absolute atomic E-state index is 0.0271. The topological polar surface area (TPSA) is 60.9 Å². The van der Waals surface area contributed by atoms with Gasteiger partial charge >= 0.3 is 0 Å². The molecule has 2 aliphatic rings.